The van der Waals surface area contributed by atoms with E-state index in [0.29, 0.717) is 22.8 Å². The molecule has 0 aliphatic rings. The molecule has 0 saturated heterocycles. The first-order valence-electron chi connectivity index (χ1n) is 7.10. The number of nitrogens with one attached hydrogen (secondary N) is 2. The van der Waals surface area contributed by atoms with Crippen LogP contribution in [-0.2, 0) is 0 Å². The largest absolute Gasteiger partial charge is 0.495 e. The summed E-state index contributed by atoms with van der Waals surface area (Å²) in [5, 5.41) is 9.54. The molecule has 0 unspecified atom stereocenters. The number of methoxy groups -OCH3 is 1. The number of hydrogen-bond donors (Lipinski definition) is 2. The molecule has 1 amide bonds. The van der Waals surface area contributed by atoms with Gasteiger partial charge in [-0.05, 0) is 42.8 Å². The van der Waals surface area contributed by atoms with Crippen LogP contribution < -0.4 is 10.1 Å². The van der Waals surface area contributed by atoms with Crippen molar-refractivity contribution in [3.63, 3.8) is 0 Å². The van der Waals surface area contributed by atoms with Crippen molar-refractivity contribution in [2.45, 2.75) is 6.92 Å². The van der Waals surface area contributed by atoms with Gasteiger partial charge in [-0.25, -0.2) is 4.98 Å². The molecule has 0 atom stereocenters. The summed E-state index contributed by atoms with van der Waals surface area (Å²) in [6.07, 6.45) is 1.64. The monoisotopic (exact) mass is 308 g/mol. The zero-order chi connectivity index (χ0) is 16.2. The number of nitrogens with zero attached hydrogens (tertiary/aromatic N) is 2. The molecule has 6 heteroatoms. The van der Waals surface area contributed by atoms with Crippen LogP contribution in [0.2, 0.25) is 0 Å². The number of anilines is 1. The number of aromatic nitrogens is 3. The number of H-pyrrole nitrogens is 1. The Hall–Kier alpha value is -3.15. The molecule has 3 aromatic rings. The Morgan fingerprint density at radius 3 is 2.83 bits per heavy atom. The van der Waals surface area contributed by atoms with Crippen LogP contribution in [0, 0.1) is 6.92 Å². The third kappa shape index (κ3) is 3.21. The van der Waals surface area contributed by atoms with Crippen LogP contribution in [0.15, 0.2) is 48.7 Å². The van der Waals surface area contributed by atoms with Gasteiger partial charge in [-0.15, -0.1) is 0 Å². The lowest BCUT2D eigenvalue weighted by Crippen LogP contribution is -2.14. The lowest BCUT2D eigenvalue weighted by atomic mass is 10.2. The molecule has 2 N–H and O–H groups in total. The lowest BCUT2D eigenvalue weighted by molar-refractivity contribution is 0.102. The van der Waals surface area contributed by atoms with E-state index < -0.39 is 0 Å². The quantitative estimate of drug-likeness (QED) is 0.776. The lowest BCUT2D eigenvalue weighted by Gasteiger charge is -2.11. The minimum absolute atomic E-state index is 0.298. The van der Waals surface area contributed by atoms with E-state index in [1.165, 1.54) is 0 Å². The van der Waals surface area contributed by atoms with Gasteiger partial charge in [0.15, 0.2) is 0 Å². The summed E-state index contributed by atoms with van der Waals surface area (Å²) in [7, 11) is 1.57. The number of aromatic amines is 1. The molecule has 116 valence electrons. The summed E-state index contributed by atoms with van der Waals surface area (Å²) in [6.45, 7) is 1.96. The van der Waals surface area contributed by atoms with Crippen molar-refractivity contribution in [2.24, 2.45) is 0 Å². The van der Waals surface area contributed by atoms with Crippen LogP contribution >= 0.6 is 0 Å². The Bertz CT molecular complexity index is 828. The van der Waals surface area contributed by atoms with Crippen molar-refractivity contribution in [2.75, 3.05) is 12.4 Å². The van der Waals surface area contributed by atoms with Crippen LogP contribution in [0.1, 0.15) is 16.1 Å². The Balaban J connectivity index is 1.85. The molecule has 0 radical (unpaired) electrons. The highest BCUT2D eigenvalue weighted by Gasteiger charge is 2.12. The fraction of sp³-hybridized carbons (Fsp3) is 0.118. The first kappa shape index (κ1) is 14.8. The van der Waals surface area contributed by atoms with Crippen LogP contribution in [0.4, 0.5) is 5.69 Å². The van der Waals surface area contributed by atoms with E-state index in [9.17, 15) is 4.79 Å². The van der Waals surface area contributed by atoms with E-state index in [2.05, 4.69) is 20.5 Å². The maximum absolute atomic E-state index is 12.4. The zero-order valence-electron chi connectivity index (χ0n) is 12.8. The molecule has 0 saturated carbocycles. The molecule has 0 bridgehead atoms. The van der Waals surface area contributed by atoms with E-state index in [1.807, 2.05) is 31.2 Å². The van der Waals surface area contributed by atoms with E-state index in [1.54, 1.807) is 31.5 Å². The number of ether oxygens (including phenoxy) is 1. The summed E-state index contributed by atoms with van der Waals surface area (Å²) in [5.74, 6) is 0.316. The average molecular weight is 308 g/mol. The number of benzene rings is 1. The van der Waals surface area contributed by atoms with Crippen molar-refractivity contribution in [3.05, 3.63) is 59.9 Å². The van der Waals surface area contributed by atoms with E-state index >= 15 is 0 Å². The highest BCUT2D eigenvalue weighted by atomic mass is 16.5. The van der Waals surface area contributed by atoms with E-state index in [4.69, 9.17) is 4.74 Å². The molecule has 0 aliphatic carbocycles. The number of amides is 1. The van der Waals surface area contributed by atoms with Gasteiger partial charge < -0.3 is 10.1 Å². The minimum atomic E-state index is -0.298. The first-order valence-corrected chi connectivity index (χ1v) is 7.10. The second-order valence-corrected chi connectivity index (χ2v) is 5.04. The standard InChI is InChI=1S/C17H16N4O2/c1-11-6-7-14(16(10-11)23-2)20-17(22)15-5-3-4-12(19-15)13-8-9-18-21-13/h3-10H,1-2H3,(H,18,21)(H,20,22). The fourth-order valence-electron chi connectivity index (χ4n) is 2.20. The first-order chi connectivity index (χ1) is 11.2. The van der Waals surface area contributed by atoms with Gasteiger partial charge in [0.1, 0.15) is 11.4 Å². The van der Waals surface area contributed by atoms with Gasteiger partial charge in [0.2, 0.25) is 0 Å². The maximum Gasteiger partial charge on any atom is 0.274 e. The second kappa shape index (κ2) is 6.31. The summed E-state index contributed by atoms with van der Waals surface area (Å²) in [6, 6.07) is 12.6. The number of hydrogen-bond acceptors (Lipinski definition) is 4. The van der Waals surface area contributed by atoms with Gasteiger partial charge in [0.25, 0.3) is 5.91 Å². The third-order valence-electron chi connectivity index (χ3n) is 3.36. The Labute approximate surface area is 133 Å². The van der Waals surface area contributed by atoms with Crippen molar-refractivity contribution >= 4 is 11.6 Å². The van der Waals surface area contributed by atoms with Gasteiger partial charge >= 0.3 is 0 Å². The van der Waals surface area contributed by atoms with Crippen LogP contribution in [-0.4, -0.2) is 28.2 Å². The van der Waals surface area contributed by atoms with Crippen molar-refractivity contribution in [3.8, 4) is 17.1 Å². The Kier molecular flexibility index (Phi) is 4.05. The predicted octanol–water partition coefficient (Wildman–Crippen LogP) is 3.04. The molecule has 2 aromatic heterocycles. The molecule has 1 aromatic carbocycles. The summed E-state index contributed by atoms with van der Waals surface area (Å²) < 4.78 is 5.30. The fourth-order valence-corrected chi connectivity index (χ4v) is 2.20. The topological polar surface area (TPSA) is 79.9 Å². The molecule has 3 rings (SSSR count). The maximum atomic E-state index is 12.4. The number of carbonyl (C=O) groups is 1. The second-order valence-electron chi connectivity index (χ2n) is 5.04. The number of aryl methyl sites for hydroxylation is 1. The molecule has 6 nitrogen and oxygen atoms in total. The van der Waals surface area contributed by atoms with E-state index in [0.717, 1.165) is 11.3 Å². The van der Waals surface area contributed by atoms with Crippen molar-refractivity contribution in [1.82, 2.24) is 15.2 Å². The minimum Gasteiger partial charge on any atom is -0.495 e. The van der Waals surface area contributed by atoms with Gasteiger partial charge in [-0.1, -0.05) is 12.1 Å². The number of pyridine rings is 1. The predicted molar refractivity (Wildman–Crippen MR) is 87.5 cm³/mol. The van der Waals surface area contributed by atoms with Crippen LogP contribution in [0.25, 0.3) is 11.4 Å². The molecule has 0 aliphatic heterocycles. The molecule has 0 spiro atoms. The molecule has 0 fully saturated rings. The molecule has 2 heterocycles. The van der Waals surface area contributed by atoms with Crippen molar-refractivity contribution < 1.29 is 9.53 Å². The SMILES string of the molecule is COc1cc(C)ccc1NC(=O)c1cccc(-c2ccn[nH]2)n1. The third-order valence-corrected chi connectivity index (χ3v) is 3.36. The van der Waals surface area contributed by atoms with Gasteiger partial charge in [-0.3, -0.25) is 9.89 Å². The van der Waals surface area contributed by atoms with Gasteiger partial charge in [0, 0.05) is 6.20 Å². The summed E-state index contributed by atoms with van der Waals surface area (Å²) >= 11 is 0. The number of rotatable bonds is 4. The molecular weight excluding hydrogens is 292 g/mol. The zero-order valence-corrected chi connectivity index (χ0v) is 12.8. The van der Waals surface area contributed by atoms with Gasteiger partial charge in [0.05, 0.1) is 24.2 Å². The highest BCUT2D eigenvalue weighted by molar-refractivity contribution is 6.04. The Morgan fingerprint density at radius 1 is 1.22 bits per heavy atom. The smallest absolute Gasteiger partial charge is 0.274 e. The normalized spacial score (nSPS) is 10.3. The van der Waals surface area contributed by atoms with Crippen LogP contribution in [0.5, 0.6) is 5.75 Å². The van der Waals surface area contributed by atoms with Crippen molar-refractivity contribution in [1.29, 1.82) is 0 Å². The van der Waals surface area contributed by atoms with Crippen LogP contribution in [0.3, 0.4) is 0 Å². The average Bonchev–Trinajstić information content (AvgIpc) is 3.11. The molecule has 23 heavy (non-hydrogen) atoms. The summed E-state index contributed by atoms with van der Waals surface area (Å²) in [4.78, 5) is 16.8. The van der Waals surface area contributed by atoms with Gasteiger partial charge in [-0.2, -0.15) is 5.10 Å². The number of carbonyl (C=O) groups excluding carboxylic acids is 1. The van der Waals surface area contributed by atoms with E-state index in [-0.39, 0.29) is 5.91 Å². The molecular formula is C17H16N4O2. The Morgan fingerprint density at radius 2 is 2.09 bits per heavy atom. The highest BCUT2D eigenvalue weighted by Crippen LogP contribution is 2.25. The summed E-state index contributed by atoms with van der Waals surface area (Å²) in [5.41, 5.74) is 3.40.